The van der Waals surface area contributed by atoms with E-state index in [4.69, 9.17) is 14.3 Å². The fourth-order valence-corrected chi connectivity index (χ4v) is 2.58. The number of aliphatic hydroxyl groups is 1. The molecule has 1 aromatic carbocycles. The van der Waals surface area contributed by atoms with Gasteiger partial charge in [0, 0.05) is 0 Å². The zero-order valence-electron chi connectivity index (χ0n) is 13.7. The minimum Gasteiger partial charge on any atom is -0.539 e. The average Bonchev–Trinajstić information content (AvgIpc) is 2.37. The standard InChI is InChI=1S/C16H26O4Si/c1-16(2,3)21(5,6)20-15-13(18)10-12(8-7-9-17)11-14(15)19-4/h7-8,10-11,17-18H,9H2,1-6H3/b8-7+. The molecule has 2 N–H and O–H groups in total. The molecule has 0 amide bonds. The van der Waals surface area contributed by atoms with Gasteiger partial charge in [0.05, 0.1) is 13.7 Å². The van der Waals surface area contributed by atoms with Crippen LogP contribution in [-0.4, -0.2) is 32.2 Å². The van der Waals surface area contributed by atoms with Gasteiger partial charge in [-0.25, -0.2) is 0 Å². The van der Waals surface area contributed by atoms with E-state index in [0.717, 1.165) is 5.56 Å². The first-order chi connectivity index (χ1) is 9.62. The summed E-state index contributed by atoms with van der Waals surface area (Å²) in [6.45, 7) is 10.6. The average molecular weight is 310 g/mol. The third-order valence-corrected chi connectivity index (χ3v) is 8.18. The summed E-state index contributed by atoms with van der Waals surface area (Å²) in [7, 11) is -0.517. The van der Waals surface area contributed by atoms with Crippen LogP contribution in [0.15, 0.2) is 18.2 Å². The van der Waals surface area contributed by atoms with Gasteiger partial charge in [0.2, 0.25) is 0 Å². The van der Waals surface area contributed by atoms with Crippen molar-refractivity contribution in [2.75, 3.05) is 13.7 Å². The van der Waals surface area contributed by atoms with Crippen LogP contribution in [0.3, 0.4) is 0 Å². The summed E-state index contributed by atoms with van der Waals surface area (Å²) in [6, 6.07) is 3.39. The van der Waals surface area contributed by atoms with Crippen LogP contribution >= 0.6 is 0 Å². The number of methoxy groups -OCH3 is 1. The summed E-state index contributed by atoms with van der Waals surface area (Å²) >= 11 is 0. The number of ether oxygens (including phenoxy) is 1. The minimum atomic E-state index is -2.07. The lowest BCUT2D eigenvalue weighted by Crippen LogP contribution is -2.43. The first-order valence-electron chi connectivity index (χ1n) is 7.00. The first-order valence-corrected chi connectivity index (χ1v) is 9.90. The van der Waals surface area contributed by atoms with Gasteiger partial charge in [-0.1, -0.05) is 32.9 Å². The van der Waals surface area contributed by atoms with E-state index in [1.807, 2.05) is 0 Å². The van der Waals surface area contributed by atoms with E-state index in [2.05, 4.69) is 33.9 Å². The lowest BCUT2D eigenvalue weighted by molar-refractivity contribution is 0.343. The SMILES string of the molecule is COc1cc(/C=C/CO)cc(O)c1O[Si](C)(C)C(C)(C)C. The largest absolute Gasteiger partial charge is 0.539 e. The molecule has 0 aliphatic rings. The van der Waals surface area contributed by atoms with Crippen molar-refractivity contribution in [1.29, 1.82) is 0 Å². The molecule has 0 atom stereocenters. The second kappa shape index (κ2) is 6.53. The van der Waals surface area contributed by atoms with Gasteiger partial charge in [0.25, 0.3) is 8.32 Å². The third kappa shape index (κ3) is 4.25. The van der Waals surface area contributed by atoms with Crippen LogP contribution in [-0.2, 0) is 0 Å². The molecule has 0 radical (unpaired) electrons. The molecule has 118 valence electrons. The van der Waals surface area contributed by atoms with Crippen LogP contribution in [0, 0.1) is 0 Å². The van der Waals surface area contributed by atoms with E-state index in [-0.39, 0.29) is 17.4 Å². The molecule has 21 heavy (non-hydrogen) atoms. The summed E-state index contributed by atoms with van der Waals surface area (Å²) in [5, 5.41) is 19.1. The molecule has 0 saturated heterocycles. The van der Waals surface area contributed by atoms with Crippen molar-refractivity contribution in [2.45, 2.75) is 38.9 Å². The lowest BCUT2D eigenvalue weighted by atomic mass is 10.1. The molecule has 4 nitrogen and oxygen atoms in total. The Balaban J connectivity index is 3.22. The van der Waals surface area contributed by atoms with Crippen LogP contribution in [0.5, 0.6) is 17.2 Å². The first kappa shape index (κ1) is 17.6. The van der Waals surface area contributed by atoms with E-state index in [1.54, 1.807) is 31.4 Å². The maximum atomic E-state index is 10.3. The Morgan fingerprint density at radius 1 is 1.24 bits per heavy atom. The summed E-state index contributed by atoms with van der Waals surface area (Å²) in [5.41, 5.74) is 0.751. The van der Waals surface area contributed by atoms with Gasteiger partial charge in [-0.05, 0) is 35.8 Å². The second-order valence-electron chi connectivity index (χ2n) is 6.52. The molecule has 0 spiro atoms. The number of hydrogen-bond donors (Lipinski definition) is 2. The van der Waals surface area contributed by atoms with Crippen molar-refractivity contribution < 1.29 is 19.4 Å². The van der Waals surface area contributed by atoms with E-state index < -0.39 is 8.32 Å². The molecule has 1 aromatic rings. The van der Waals surface area contributed by atoms with Crippen LogP contribution < -0.4 is 9.16 Å². The molecule has 0 saturated carbocycles. The monoisotopic (exact) mass is 310 g/mol. The molecular weight excluding hydrogens is 284 g/mol. The van der Waals surface area contributed by atoms with Crippen LogP contribution in [0.4, 0.5) is 0 Å². The summed E-state index contributed by atoms with van der Waals surface area (Å²) in [6.07, 6.45) is 3.32. The quantitative estimate of drug-likeness (QED) is 0.812. The normalized spacial score (nSPS) is 12.7. The van der Waals surface area contributed by atoms with E-state index in [1.165, 1.54) is 0 Å². The van der Waals surface area contributed by atoms with E-state index >= 15 is 0 Å². The molecule has 5 heteroatoms. The fourth-order valence-electron chi connectivity index (χ4n) is 1.56. The Morgan fingerprint density at radius 3 is 2.33 bits per heavy atom. The number of benzene rings is 1. The van der Waals surface area contributed by atoms with Crippen molar-refractivity contribution in [1.82, 2.24) is 0 Å². The molecular formula is C16H26O4Si. The van der Waals surface area contributed by atoms with Crippen molar-refractivity contribution in [2.24, 2.45) is 0 Å². The van der Waals surface area contributed by atoms with Crippen molar-refractivity contribution >= 4 is 14.4 Å². The number of rotatable bonds is 5. The van der Waals surface area contributed by atoms with Crippen LogP contribution in [0.1, 0.15) is 26.3 Å². The highest BCUT2D eigenvalue weighted by molar-refractivity contribution is 6.74. The van der Waals surface area contributed by atoms with Gasteiger partial charge in [0.1, 0.15) is 0 Å². The molecule has 0 aliphatic carbocycles. The zero-order valence-corrected chi connectivity index (χ0v) is 14.7. The number of aliphatic hydroxyl groups excluding tert-OH is 1. The highest BCUT2D eigenvalue weighted by atomic mass is 28.4. The summed E-state index contributed by atoms with van der Waals surface area (Å²) in [5.74, 6) is 0.944. The Hall–Kier alpha value is -1.46. The maximum absolute atomic E-state index is 10.3. The smallest absolute Gasteiger partial charge is 0.250 e. The Kier molecular flexibility index (Phi) is 5.47. The summed E-state index contributed by atoms with van der Waals surface area (Å²) in [4.78, 5) is 0. The number of phenols is 1. The highest BCUT2D eigenvalue weighted by Gasteiger charge is 2.40. The molecule has 0 fully saturated rings. The molecule has 0 bridgehead atoms. The summed E-state index contributed by atoms with van der Waals surface area (Å²) < 4.78 is 11.5. The maximum Gasteiger partial charge on any atom is 0.250 e. The van der Waals surface area contributed by atoms with Crippen molar-refractivity contribution in [3.8, 4) is 17.2 Å². The van der Waals surface area contributed by atoms with Gasteiger partial charge >= 0.3 is 0 Å². The molecule has 0 aliphatic heterocycles. The predicted molar refractivity (Wildman–Crippen MR) is 88.6 cm³/mol. The Labute approximate surface area is 128 Å². The fraction of sp³-hybridized carbons (Fsp3) is 0.500. The zero-order chi connectivity index (χ0) is 16.3. The van der Waals surface area contributed by atoms with Crippen molar-refractivity contribution in [3.05, 3.63) is 23.8 Å². The van der Waals surface area contributed by atoms with Crippen molar-refractivity contribution in [3.63, 3.8) is 0 Å². The predicted octanol–water partition coefficient (Wildman–Crippen LogP) is 3.79. The van der Waals surface area contributed by atoms with Gasteiger partial charge in [-0.3, -0.25) is 0 Å². The van der Waals surface area contributed by atoms with Gasteiger partial charge in [0.15, 0.2) is 17.2 Å². The van der Waals surface area contributed by atoms with E-state index in [9.17, 15) is 5.11 Å². The van der Waals surface area contributed by atoms with Crippen LogP contribution in [0.25, 0.3) is 6.08 Å². The molecule has 1 rings (SSSR count). The molecule has 0 aromatic heterocycles. The number of hydrogen-bond acceptors (Lipinski definition) is 4. The van der Waals surface area contributed by atoms with E-state index in [0.29, 0.717) is 11.5 Å². The Bertz CT molecular complexity index is 516. The number of phenolic OH excluding ortho intramolecular Hbond substituents is 1. The topological polar surface area (TPSA) is 58.9 Å². The molecule has 0 heterocycles. The van der Waals surface area contributed by atoms with Gasteiger partial charge < -0.3 is 19.4 Å². The van der Waals surface area contributed by atoms with Gasteiger partial charge in [-0.2, -0.15) is 0 Å². The highest BCUT2D eigenvalue weighted by Crippen LogP contribution is 2.44. The number of aromatic hydroxyl groups is 1. The van der Waals surface area contributed by atoms with Gasteiger partial charge in [-0.15, -0.1) is 0 Å². The van der Waals surface area contributed by atoms with Crippen LogP contribution in [0.2, 0.25) is 18.1 Å². The second-order valence-corrected chi connectivity index (χ2v) is 11.2. The third-order valence-electron chi connectivity index (χ3n) is 3.86. The minimum absolute atomic E-state index is 0.0277. The molecule has 0 unspecified atom stereocenters. The Morgan fingerprint density at radius 2 is 1.86 bits per heavy atom. The lowest BCUT2D eigenvalue weighted by Gasteiger charge is -2.37.